The number of ether oxygens (including phenoxy) is 1. The van der Waals surface area contributed by atoms with Crippen LogP contribution >= 0.6 is 11.8 Å². The summed E-state index contributed by atoms with van der Waals surface area (Å²) in [5, 5.41) is 0. The molecule has 0 amide bonds. The topological polar surface area (TPSA) is 63.7 Å². The molecule has 0 aliphatic heterocycles. The first-order valence-corrected chi connectivity index (χ1v) is 10.9. The van der Waals surface area contributed by atoms with E-state index in [2.05, 4.69) is 0 Å². The maximum Gasteiger partial charge on any atom is 0.326 e. The third-order valence-corrected chi connectivity index (χ3v) is 6.42. The van der Waals surface area contributed by atoms with Crippen molar-refractivity contribution in [2.45, 2.75) is 30.6 Å². The molecule has 5 nitrogen and oxygen atoms in total. The number of carbonyl (C=O) groups excluding carboxylic acids is 1. The zero-order valence-corrected chi connectivity index (χ0v) is 17.0. The van der Waals surface area contributed by atoms with Crippen LogP contribution in [0.4, 0.5) is 5.69 Å². The van der Waals surface area contributed by atoms with Crippen LogP contribution in [0.2, 0.25) is 0 Å². The van der Waals surface area contributed by atoms with Crippen LogP contribution in [0.1, 0.15) is 18.1 Å². The molecular weight excluding hydrogens is 370 g/mol. The predicted octanol–water partition coefficient (Wildman–Crippen LogP) is 3.78. The van der Waals surface area contributed by atoms with Crippen LogP contribution in [0.5, 0.6) is 0 Å². The number of hydrogen-bond donors (Lipinski definition) is 0. The van der Waals surface area contributed by atoms with Gasteiger partial charge in [0.15, 0.2) is 0 Å². The van der Waals surface area contributed by atoms with Crippen LogP contribution in [0.15, 0.2) is 52.3 Å². The molecule has 0 aliphatic rings. The summed E-state index contributed by atoms with van der Waals surface area (Å²) in [5.41, 5.74) is 2.06. The molecule has 0 N–H and O–H groups in total. The van der Waals surface area contributed by atoms with E-state index in [1.54, 1.807) is 31.2 Å². The number of benzene rings is 2. The number of esters is 1. The van der Waals surface area contributed by atoms with Crippen LogP contribution in [-0.2, 0) is 19.6 Å². The van der Waals surface area contributed by atoms with Crippen LogP contribution in [0, 0.1) is 13.8 Å². The molecule has 0 spiro atoms. The third kappa shape index (κ3) is 4.40. The number of anilines is 1. The first-order chi connectivity index (χ1) is 12.3. The summed E-state index contributed by atoms with van der Waals surface area (Å²) in [4.78, 5) is 13.2. The van der Waals surface area contributed by atoms with Gasteiger partial charge in [-0.2, -0.15) is 0 Å². The molecule has 140 valence electrons. The Morgan fingerprint density at radius 1 is 1.08 bits per heavy atom. The largest absolute Gasteiger partial charge is 0.465 e. The second kappa shape index (κ2) is 8.60. The monoisotopic (exact) mass is 393 g/mol. The molecular formula is C19H23NO4S2. The van der Waals surface area contributed by atoms with Crippen LogP contribution < -0.4 is 4.31 Å². The van der Waals surface area contributed by atoms with E-state index < -0.39 is 16.0 Å². The lowest BCUT2D eigenvalue weighted by Gasteiger charge is -2.26. The van der Waals surface area contributed by atoms with Crippen molar-refractivity contribution in [3.05, 3.63) is 53.6 Å². The number of hydrogen-bond acceptors (Lipinski definition) is 5. The molecule has 0 bridgehead atoms. The normalized spacial score (nSPS) is 11.2. The molecule has 0 aromatic heterocycles. The Labute approximate surface area is 159 Å². The summed E-state index contributed by atoms with van der Waals surface area (Å²) >= 11 is 1.53. The Kier molecular flexibility index (Phi) is 6.72. The van der Waals surface area contributed by atoms with Gasteiger partial charge in [0.25, 0.3) is 10.0 Å². The van der Waals surface area contributed by atoms with Gasteiger partial charge in [-0.1, -0.05) is 18.2 Å². The second-order valence-electron chi connectivity index (χ2n) is 5.73. The van der Waals surface area contributed by atoms with Gasteiger partial charge in [0.1, 0.15) is 6.54 Å². The van der Waals surface area contributed by atoms with E-state index in [-0.39, 0.29) is 18.0 Å². The molecule has 2 aromatic rings. The maximum atomic E-state index is 13.3. The van der Waals surface area contributed by atoms with Gasteiger partial charge in [-0.05, 0) is 62.4 Å². The number of nitrogens with zero attached hydrogens (tertiary/aromatic N) is 1. The van der Waals surface area contributed by atoms with Crippen molar-refractivity contribution in [1.82, 2.24) is 0 Å². The van der Waals surface area contributed by atoms with Gasteiger partial charge in [0.2, 0.25) is 0 Å². The Hall–Kier alpha value is -1.99. The fourth-order valence-electron chi connectivity index (χ4n) is 2.68. The molecule has 0 saturated heterocycles. The van der Waals surface area contributed by atoms with E-state index in [0.717, 1.165) is 20.3 Å². The number of sulfonamides is 1. The smallest absolute Gasteiger partial charge is 0.326 e. The van der Waals surface area contributed by atoms with E-state index in [1.807, 2.05) is 38.3 Å². The number of carbonyl (C=O) groups is 1. The minimum atomic E-state index is -3.91. The molecule has 2 aromatic carbocycles. The van der Waals surface area contributed by atoms with Gasteiger partial charge in [-0.3, -0.25) is 9.10 Å². The van der Waals surface area contributed by atoms with Crippen molar-refractivity contribution in [2.75, 3.05) is 23.7 Å². The summed E-state index contributed by atoms with van der Waals surface area (Å²) in [6.07, 6.45) is 1.92. The molecule has 0 radical (unpaired) electrons. The Balaban J connectivity index is 2.56. The van der Waals surface area contributed by atoms with Crippen LogP contribution in [0.25, 0.3) is 0 Å². The molecule has 0 aliphatic carbocycles. The zero-order valence-electron chi connectivity index (χ0n) is 15.4. The Bertz CT molecular complexity index is 857. The van der Waals surface area contributed by atoms with Gasteiger partial charge in [-0.25, -0.2) is 8.42 Å². The lowest BCUT2D eigenvalue weighted by atomic mass is 10.1. The van der Waals surface area contributed by atoms with Crippen molar-refractivity contribution in [2.24, 2.45) is 0 Å². The van der Waals surface area contributed by atoms with Gasteiger partial charge < -0.3 is 4.74 Å². The maximum absolute atomic E-state index is 13.3. The molecule has 0 atom stereocenters. The standard InChI is InChI=1S/C19H23NO4S2/c1-5-24-18(21)13-20(19-14(2)7-6-8-15(19)3)26(22,23)17-11-9-16(25-4)10-12-17/h6-12H,5,13H2,1-4H3. The van der Waals surface area contributed by atoms with Gasteiger partial charge in [0.05, 0.1) is 17.2 Å². The molecule has 0 fully saturated rings. The van der Waals surface area contributed by atoms with E-state index in [1.165, 1.54) is 11.8 Å². The Morgan fingerprint density at radius 2 is 1.65 bits per heavy atom. The molecule has 26 heavy (non-hydrogen) atoms. The third-order valence-electron chi connectivity index (χ3n) is 3.91. The molecule has 0 saturated carbocycles. The molecule has 2 rings (SSSR count). The van der Waals surface area contributed by atoms with Crippen LogP contribution in [-0.4, -0.2) is 33.8 Å². The first-order valence-electron chi connectivity index (χ1n) is 8.20. The van der Waals surface area contributed by atoms with E-state index >= 15 is 0 Å². The van der Waals surface area contributed by atoms with Crippen molar-refractivity contribution in [1.29, 1.82) is 0 Å². The predicted molar refractivity (Wildman–Crippen MR) is 105 cm³/mol. The average molecular weight is 394 g/mol. The van der Waals surface area contributed by atoms with E-state index in [0.29, 0.717) is 5.69 Å². The lowest BCUT2D eigenvalue weighted by molar-refractivity contribution is -0.141. The molecule has 7 heteroatoms. The minimum Gasteiger partial charge on any atom is -0.465 e. The Morgan fingerprint density at radius 3 is 2.15 bits per heavy atom. The summed E-state index contributed by atoms with van der Waals surface area (Å²) in [6, 6.07) is 12.1. The second-order valence-corrected chi connectivity index (χ2v) is 8.47. The highest BCUT2D eigenvalue weighted by Crippen LogP contribution is 2.30. The number of rotatable bonds is 7. The van der Waals surface area contributed by atoms with E-state index in [4.69, 9.17) is 4.74 Å². The van der Waals surface area contributed by atoms with Gasteiger partial charge in [-0.15, -0.1) is 11.8 Å². The first kappa shape index (κ1) is 20.3. The lowest BCUT2D eigenvalue weighted by Crippen LogP contribution is -2.37. The molecule has 0 unspecified atom stereocenters. The highest BCUT2D eigenvalue weighted by atomic mass is 32.2. The average Bonchev–Trinajstić information content (AvgIpc) is 2.61. The highest BCUT2D eigenvalue weighted by molar-refractivity contribution is 7.98. The van der Waals surface area contributed by atoms with Crippen molar-refractivity contribution in [3.8, 4) is 0 Å². The van der Waals surface area contributed by atoms with Crippen molar-refractivity contribution >= 4 is 33.4 Å². The summed E-state index contributed by atoms with van der Waals surface area (Å²) in [7, 11) is -3.91. The molecule has 0 heterocycles. The fourth-order valence-corrected chi connectivity index (χ4v) is 4.63. The zero-order chi connectivity index (χ0) is 19.3. The van der Waals surface area contributed by atoms with Crippen molar-refractivity contribution < 1.29 is 17.9 Å². The van der Waals surface area contributed by atoms with Crippen molar-refractivity contribution in [3.63, 3.8) is 0 Å². The summed E-state index contributed by atoms with van der Waals surface area (Å²) in [6.45, 7) is 5.17. The van der Waals surface area contributed by atoms with Gasteiger partial charge in [0, 0.05) is 4.90 Å². The minimum absolute atomic E-state index is 0.141. The fraction of sp³-hybridized carbons (Fsp3) is 0.316. The summed E-state index contributed by atoms with van der Waals surface area (Å²) in [5.74, 6) is -0.584. The number of aryl methyl sites for hydroxylation is 2. The van der Waals surface area contributed by atoms with Crippen LogP contribution in [0.3, 0.4) is 0 Å². The van der Waals surface area contributed by atoms with E-state index in [9.17, 15) is 13.2 Å². The number of thioether (sulfide) groups is 1. The SMILES string of the molecule is CCOC(=O)CN(c1c(C)cccc1C)S(=O)(=O)c1ccc(SC)cc1. The summed E-state index contributed by atoms with van der Waals surface area (Å²) < 4.78 is 32.7. The highest BCUT2D eigenvalue weighted by Gasteiger charge is 2.29. The number of para-hydroxylation sites is 1. The quantitative estimate of drug-likeness (QED) is 0.529. The van der Waals surface area contributed by atoms with Gasteiger partial charge >= 0.3 is 5.97 Å².